The summed E-state index contributed by atoms with van der Waals surface area (Å²) >= 11 is 0. The zero-order valence-electron chi connectivity index (χ0n) is 12.3. The molecule has 0 aliphatic heterocycles. The van der Waals surface area contributed by atoms with E-state index < -0.39 is 0 Å². The van der Waals surface area contributed by atoms with Gasteiger partial charge in [0.1, 0.15) is 12.2 Å². The van der Waals surface area contributed by atoms with Gasteiger partial charge in [-0.25, -0.2) is 0 Å². The minimum Gasteiger partial charge on any atom is -0.354 e. The lowest BCUT2D eigenvalue weighted by Crippen LogP contribution is -2.30. The van der Waals surface area contributed by atoms with E-state index >= 15 is 0 Å². The number of halogens is 2. The highest BCUT2D eigenvalue weighted by Gasteiger charge is 2.10. The third-order valence-electron chi connectivity index (χ3n) is 3.12. The molecule has 22 heavy (non-hydrogen) atoms. The molecule has 1 amide bonds. The van der Waals surface area contributed by atoms with E-state index in [4.69, 9.17) is 5.73 Å². The Bertz CT molecular complexity index is 561. The van der Waals surface area contributed by atoms with Gasteiger partial charge in [0, 0.05) is 25.6 Å². The Hall–Kier alpha value is -1.63. The van der Waals surface area contributed by atoms with Crippen molar-refractivity contribution in [2.75, 3.05) is 6.54 Å². The van der Waals surface area contributed by atoms with E-state index in [1.54, 1.807) is 6.33 Å². The average molecular weight is 346 g/mol. The molecule has 0 bridgehead atoms. The van der Waals surface area contributed by atoms with Gasteiger partial charge in [0.05, 0.1) is 0 Å². The molecule has 1 unspecified atom stereocenters. The number of hydrogen-bond donors (Lipinski definition) is 2. The number of nitrogens with one attached hydrogen (secondary N) is 1. The number of aryl methyl sites for hydroxylation is 1. The Kier molecular flexibility index (Phi) is 9.40. The zero-order valence-corrected chi connectivity index (χ0v) is 13.9. The predicted molar refractivity (Wildman–Crippen MR) is 90.3 cm³/mol. The summed E-state index contributed by atoms with van der Waals surface area (Å²) in [6, 6.07) is 9.35. The minimum absolute atomic E-state index is 0. The summed E-state index contributed by atoms with van der Waals surface area (Å²) in [7, 11) is 0. The van der Waals surface area contributed by atoms with Gasteiger partial charge in [-0.1, -0.05) is 30.3 Å². The lowest BCUT2D eigenvalue weighted by molar-refractivity contribution is -0.121. The first-order chi connectivity index (χ1) is 9.66. The highest BCUT2D eigenvalue weighted by atomic mass is 35.5. The van der Waals surface area contributed by atoms with E-state index in [9.17, 15) is 4.79 Å². The third kappa shape index (κ3) is 6.01. The van der Waals surface area contributed by atoms with Gasteiger partial charge in [-0.2, -0.15) is 0 Å². The number of aromatic nitrogens is 3. The lowest BCUT2D eigenvalue weighted by atomic mass is 10.0. The van der Waals surface area contributed by atoms with Crippen LogP contribution in [0.5, 0.6) is 0 Å². The van der Waals surface area contributed by atoms with Gasteiger partial charge in [0.15, 0.2) is 0 Å². The SMILES string of the molecule is Cc1nncn1CCNC(=O)CC(N)c1ccccc1.Cl.Cl. The maximum atomic E-state index is 11.8. The summed E-state index contributed by atoms with van der Waals surface area (Å²) in [5.41, 5.74) is 6.97. The second kappa shape index (κ2) is 10.2. The van der Waals surface area contributed by atoms with Crippen LogP contribution in [0.4, 0.5) is 0 Å². The van der Waals surface area contributed by atoms with Crippen molar-refractivity contribution in [2.45, 2.75) is 25.9 Å². The van der Waals surface area contributed by atoms with Gasteiger partial charge in [0.25, 0.3) is 0 Å². The van der Waals surface area contributed by atoms with Gasteiger partial charge < -0.3 is 15.6 Å². The molecule has 122 valence electrons. The Morgan fingerprint density at radius 1 is 1.32 bits per heavy atom. The van der Waals surface area contributed by atoms with Crippen LogP contribution in [0, 0.1) is 6.92 Å². The monoisotopic (exact) mass is 345 g/mol. The van der Waals surface area contributed by atoms with Crippen molar-refractivity contribution in [3.05, 3.63) is 48.0 Å². The van der Waals surface area contributed by atoms with Crippen LogP contribution in [-0.2, 0) is 11.3 Å². The number of hydrogen-bond acceptors (Lipinski definition) is 4. The van der Waals surface area contributed by atoms with Crippen LogP contribution < -0.4 is 11.1 Å². The molecule has 6 nitrogen and oxygen atoms in total. The quantitative estimate of drug-likeness (QED) is 0.833. The summed E-state index contributed by atoms with van der Waals surface area (Å²) in [5.74, 6) is 0.785. The predicted octanol–water partition coefficient (Wildman–Crippen LogP) is 1.64. The number of benzene rings is 1. The Labute approximate surface area is 142 Å². The van der Waals surface area contributed by atoms with Gasteiger partial charge in [-0.15, -0.1) is 35.0 Å². The molecular formula is C14H21Cl2N5O. The largest absolute Gasteiger partial charge is 0.354 e. The van der Waals surface area contributed by atoms with Crippen LogP contribution in [0.2, 0.25) is 0 Å². The molecule has 2 aromatic rings. The molecule has 0 spiro atoms. The van der Waals surface area contributed by atoms with Gasteiger partial charge in [-0.05, 0) is 12.5 Å². The van der Waals surface area contributed by atoms with Crippen molar-refractivity contribution < 1.29 is 4.79 Å². The highest BCUT2D eigenvalue weighted by Crippen LogP contribution is 2.12. The van der Waals surface area contributed by atoms with Crippen LogP contribution in [0.15, 0.2) is 36.7 Å². The van der Waals surface area contributed by atoms with Crippen molar-refractivity contribution in [3.8, 4) is 0 Å². The van der Waals surface area contributed by atoms with E-state index in [-0.39, 0.29) is 43.2 Å². The highest BCUT2D eigenvalue weighted by molar-refractivity contribution is 5.85. The number of rotatable bonds is 6. The Balaban J connectivity index is 0.00000220. The summed E-state index contributed by atoms with van der Waals surface area (Å²) in [5, 5.41) is 10.5. The first-order valence-electron chi connectivity index (χ1n) is 6.58. The fourth-order valence-corrected chi connectivity index (χ4v) is 1.94. The molecule has 3 N–H and O–H groups in total. The minimum atomic E-state index is -0.271. The van der Waals surface area contributed by atoms with E-state index in [1.807, 2.05) is 41.8 Å². The molecular weight excluding hydrogens is 325 g/mol. The first-order valence-corrected chi connectivity index (χ1v) is 6.58. The van der Waals surface area contributed by atoms with E-state index in [2.05, 4.69) is 15.5 Å². The topological polar surface area (TPSA) is 85.8 Å². The summed E-state index contributed by atoms with van der Waals surface area (Å²) in [6.07, 6.45) is 1.93. The van der Waals surface area contributed by atoms with E-state index in [1.165, 1.54) is 0 Å². The summed E-state index contributed by atoms with van der Waals surface area (Å²) in [6.45, 7) is 3.07. The standard InChI is InChI=1S/C14H19N5O.2ClH/c1-11-18-17-10-19(11)8-7-16-14(20)9-13(15)12-5-3-2-4-6-12;;/h2-6,10,13H,7-9,15H2,1H3,(H,16,20);2*1H. The van der Waals surface area contributed by atoms with E-state index in [0.717, 1.165) is 11.4 Å². The maximum Gasteiger partial charge on any atom is 0.221 e. The first kappa shape index (κ1) is 20.4. The molecule has 1 aromatic carbocycles. The van der Waals surface area contributed by atoms with Gasteiger partial charge in [-0.3, -0.25) is 4.79 Å². The molecule has 2 rings (SSSR count). The molecule has 0 fully saturated rings. The number of nitrogens with zero attached hydrogens (tertiary/aromatic N) is 3. The van der Waals surface area contributed by atoms with E-state index in [0.29, 0.717) is 13.1 Å². The van der Waals surface area contributed by atoms with Crippen molar-refractivity contribution in [1.82, 2.24) is 20.1 Å². The van der Waals surface area contributed by atoms with Crippen LogP contribution in [0.25, 0.3) is 0 Å². The van der Waals surface area contributed by atoms with Crippen molar-refractivity contribution in [3.63, 3.8) is 0 Å². The number of carbonyl (C=O) groups excluding carboxylic acids is 1. The van der Waals surface area contributed by atoms with Crippen LogP contribution in [-0.4, -0.2) is 27.2 Å². The Morgan fingerprint density at radius 3 is 2.59 bits per heavy atom. The zero-order chi connectivity index (χ0) is 14.4. The van der Waals surface area contributed by atoms with Gasteiger partial charge in [0.2, 0.25) is 5.91 Å². The molecule has 0 aliphatic rings. The molecule has 1 atom stereocenters. The molecule has 8 heteroatoms. The molecule has 0 radical (unpaired) electrons. The molecule has 1 aromatic heterocycles. The summed E-state index contributed by atoms with van der Waals surface area (Å²) in [4.78, 5) is 11.8. The van der Waals surface area contributed by atoms with Crippen LogP contribution >= 0.6 is 24.8 Å². The normalized spacial score (nSPS) is 11.0. The van der Waals surface area contributed by atoms with Crippen LogP contribution in [0.1, 0.15) is 23.9 Å². The average Bonchev–Trinajstić information content (AvgIpc) is 2.85. The third-order valence-corrected chi connectivity index (χ3v) is 3.12. The van der Waals surface area contributed by atoms with Crippen molar-refractivity contribution in [1.29, 1.82) is 0 Å². The number of amides is 1. The molecule has 1 heterocycles. The second-order valence-corrected chi connectivity index (χ2v) is 4.64. The van der Waals surface area contributed by atoms with Crippen LogP contribution in [0.3, 0.4) is 0 Å². The lowest BCUT2D eigenvalue weighted by Gasteiger charge is -2.12. The molecule has 0 saturated carbocycles. The maximum absolute atomic E-state index is 11.8. The second-order valence-electron chi connectivity index (χ2n) is 4.64. The smallest absolute Gasteiger partial charge is 0.221 e. The number of carbonyl (C=O) groups is 1. The summed E-state index contributed by atoms with van der Waals surface area (Å²) < 4.78 is 1.89. The van der Waals surface area contributed by atoms with Crippen molar-refractivity contribution in [2.24, 2.45) is 5.73 Å². The Morgan fingerprint density at radius 2 is 2.00 bits per heavy atom. The molecule has 0 aliphatic carbocycles. The van der Waals surface area contributed by atoms with Crippen molar-refractivity contribution >= 4 is 30.7 Å². The van der Waals surface area contributed by atoms with Gasteiger partial charge >= 0.3 is 0 Å². The fourth-order valence-electron chi connectivity index (χ4n) is 1.94. The number of nitrogens with two attached hydrogens (primary N) is 1. The molecule has 0 saturated heterocycles. The fraction of sp³-hybridized carbons (Fsp3) is 0.357.